The molecule has 9 heteroatoms. The van der Waals surface area contributed by atoms with Crippen LogP contribution in [0.15, 0.2) is 0 Å². The van der Waals surface area contributed by atoms with Crippen molar-refractivity contribution in [3.8, 4) is 0 Å². The lowest BCUT2D eigenvalue weighted by molar-refractivity contribution is -0.00922. The number of fused-ring (bicyclic) bond motifs is 1. The molecule has 1 aliphatic heterocycles. The number of hydrogen-bond acceptors (Lipinski definition) is 6. The monoisotopic (exact) mass is 298 g/mol. The highest BCUT2D eigenvalue weighted by Gasteiger charge is 2.53. The Morgan fingerprint density at radius 1 is 1.28 bits per heavy atom. The third kappa shape index (κ3) is 3.02. The van der Waals surface area contributed by atoms with E-state index in [2.05, 4.69) is 4.72 Å². The van der Waals surface area contributed by atoms with E-state index in [1.165, 1.54) is 0 Å². The van der Waals surface area contributed by atoms with Crippen LogP contribution in [-0.4, -0.2) is 59.4 Å². The molecule has 18 heavy (non-hydrogen) atoms. The van der Waals surface area contributed by atoms with E-state index in [0.717, 1.165) is 12.7 Å². The number of ether oxygens (including phenoxy) is 1. The Kier molecular flexibility index (Phi) is 3.72. The van der Waals surface area contributed by atoms with Crippen LogP contribution in [0.3, 0.4) is 0 Å². The number of nitrogens with one attached hydrogen (secondary N) is 1. The van der Waals surface area contributed by atoms with E-state index < -0.39 is 31.7 Å². The average molecular weight is 298 g/mol. The molecule has 0 bridgehead atoms. The summed E-state index contributed by atoms with van der Waals surface area (Å²) in [5, 5.41) is 0. The smallest absolute Gasteiger partial charge is 0.212 e. The Bertz CT molecular complexity index is 515. The van der Waals surface area contributed by atoms with Crippen molar-refractivity contribution in [2.45, 2.75) is 24.6 Å². The van der Waals surface area contributed by atoms with Gasteiger partial charge in [-0.05, 0) is 6.42 Å². The molecule has 4 atom stereocenters. The molecule has 1 saturated carbocycles. The van der Waals surface area contributed by atoms with Crippen LogP contribution in [0.25, 0.3) is 0 Å². The third-order valence-electron chi connectivity index (χ3n) is 3.48. The second kappa shape index (κ2) is 4.71. The number of rotatable bonds is 5. The molecule has 2 rings (SSSR count). The van der Waals surface area contributed by atoms with Gasteiger partial charge in [-0.1, -0.05) is 0 Å². The van der Waals surface area contributed by atoms with Gasteiger partial charge in [-0.25, -0.2) is 21.6 Å². The quantitative estimate of drug-likeness (QED) is 0.610. The normalized spacial score (nSPS) is 36.1. The SMILES string of the molecule is CS(=O)(=O)CCS(=O)(=O)NC1C(N)C2CCOC21. The zero-order chi connectivity index (χ0) is 13.6. The lowest BCUT2D eigenvalue weighted by atomic mass is 9.73. The van der Waals surface area contributed by atoms with E-state index in [-0.39, 0.29) is 23.8 Å². The topological polar surface area (TPSA) is 116 Å². The number of nitrogens with two attached hydrogens (primary N) is 1. The molecule has 0 aromatic heterocycles. The lowest BCUT2D eigenvalue weighted by Gasteiger charge is -2.45. The Morgan fingerprint density at radius 3 is 2.56 bits per heavy atom. The maximum absolute atomic E-state index is 11.7. The van der Waals surface area contributed by atoms with Gasteiger partial charge < -0.3 is 10.5 Å². The van der Waals surface area contributed by atoms with Gasteiger partial charge in [0.2, 0.25) is 10.0 Å². The zero-order valence-corrected chi connectivity index (χ0v) is 11.7. The fourth-order valence-corrected chi connectivity index (χ4v) is 5.33. The number of sulfonamides is 1. The van der Waals surface area contributed by atoms with Crippen LogP contribution >= 0.6 is 0 Å². The van der Waals surface area contributed by atoms with E-state index in [1.807, 2.05) is 0 Å². The highest BCUT2D eigenvalue weighted by atomic mass is 32.2. The van der Waals surface area contributed by atoms with Crippen LogP contribution in [0, 0.1) is 5.92 Å². The molecule has 0 amide bonds. The molecular formula is C9H18N2O5S2. The van der Waals surface area contributed by atoms with Gasteiger partial charge in [0.05, 0.1) is 23.7 Å². The minimum Gasteiger partial charge on any atom is -0.376 e. The molecule has 1 saturated heterocycles. The molecule has 2 fully saturated rings. The minimum atomic E-state index is -3.64. The first-order chi connectivity index (χ1) is 8.20. The minimum absolute atomic E-state index is 0.159. The largest absolute Gasteiger partial charge is 0.376 e. The van der Waals surface area contributed by atoms with E-state index in [0.29, 0.717) is 6.61 Å². The summed E-state index contributed by atoms with van der Waals surface area (Å²) in [4.78, 5) is 0. The fraction of sp³-hybridized carbons (Fsp3) is 1.00. The first kappa shape index (κ1) is 14.2. The van der Waals surface area contributed by atoms with Crippen molar-refractivity contribution < 1.29 is 21.6 Å². The van der Waals surface area contributed by atoms with E-state index in [9.17, 15) is 16.8 Å². The molecule has 0 aromatic rings. The van der Waals surface area contributed by atoms with Crippen molar-refractivity contribution in [2.24, 2.45) is 11.7 Å². The Hall–Kier alpha value is -0.220. The average Bonchev–Trinajstić information content (AvgIpc) is 2.67. The van der Waals surface area contributed by atoms with Gasteiger partial charge in [-0.2, -0.15) is 0 Å². The summed E-state index contributed by atoms with van der Waals surface area (Å²) in [7, 11) is -6.93. The van der Waals surface area contributed by atoms with Crippen molar-refractivity contribution in [1.29, 1.82) is 0 Å². The summed E-state index contributed by atoms with van der Waals surface area (Å²) in [5.74, 6) is -0.612. The summed E-state index contributed by atoms with van der Waals surface area (Å²) < 4.78 is 53.2. The van der Waals surface area contributed by atoms with E-state index in [4.69, 9.17) is 10.5 Å². The molecule has 0 spiro atoms. The molecular weight excluding hydrogens is 280 g/mol. The van der Waals surface area contributed by atoms with Crippen molar-refractivity contribution >= 4 is 19.9 Å². The van der Waals surface area contributed by atoms with Crippen molar-refractivity contribution in [3.05, 3.63) is 0 Å². The fourth-order valence-electron chi connectivity index (χ4n) is 2.42. The molecule has 7 nitrogen and oxygen atoms in total. The predicted octanol–water partition coefficient (Wildman–Crippen LogP) is -1.93. The molecule has 0 radical (unpaired) electrons. The maximum atomic E-state index is 11.7. The number of hydrogen-bond donors (Lipinski definition) is 2. The van der Waals surface area contributed by atoms with Gasteiger partial charge in [-0.3, -0.25) is 0 Å². The van der Waals surface area contributed by atoms with Gasteiger partial charge in [0.25, 0.3) is 0 Å². The van der Waals surface area contributed by atoms with Crippen molar-refractivity contribution in [3.63, 3.8) is 0 Å². The lowest BCUT2D eigenvalue weighted by Crippen LogP contribution is -2.69. The molecule has 4 unspecified atom stereocenters. The second-order valence-electron chi connectivity index (χ2n) is 4.96. The molecule has 1 heterocycles. The Labute approximate surface area is 107 Å². The molecule has 106 valence electrons. The van der Waals surface area contributed by atoms with Crippen LogP contribution < -0.4 is 10.5 Å². The summed E-state index contributed by atoms with van der Waals surface area (Å²) in [5.41, 5.74) is 5.87. The van der Waals surface area contributed by atoms with Gasteiger partial charge in [-0.15, -0.1) is 0 Å². The molecule has 0 aromatic carbocycles. The molecule has 1 aliphatic carbocycles. The first-order valence-corrected chi connectivity index (χ1v) is 9.46. The summed E-state index contributed by atoms with van der Waals surface area (Å²) in [6.45, 7) is 0.602. The highest BCUT2D eigenvalue weighted by Crippen LogP contribution is 2.37. The van der Waals surface area contributed by atoms with Crippen LogP contribution in [0.5, 0.6) is 0 Å². The Morgan fingerprint density at radius 2 is 1.94 bits per heavy atom. The zero-order valence-electron chi connectivity index (χ0n) is 10.1. The maximum Gasteiger partial charge on any atom is 0.212 e. The van der Waals surface area contributed by atoms with Crippen molar-refractivity contribution in [2.75, 3.05) is 24.4 Å². The molecule has 2 aliphatic rings. The van der Waals surface area contributed by atoms with Crippen LogP contribution in [0.2, 0.25) is 0 Å². The highest BCUT2D eigenvalue weighted by molar-refractivity contribution is 7.93. The van der Waals surface area contributed by atoms with Crippen molar-refractivity contribution in [1.82, 2.24) is 4.72 Å². The summed E-state index contributed by atoms with van der Waals surface area (Å²) in [6, 6.07) is -0.674. The van der Waals surface area contributed by atoms with Gasteiger partial charge >= 0.3 is 0 Å². The standard InChI is InChI=1S/C9H18N2O5S2/c1-17(12,13)4-5-18(14,15)11-8-7(10)6-2-3-16-9(6)8/h6-9,11H,2-5,10H2,1H3. The van der Waals surface area contributed by atoms with Gasteiger partial charge in [0, 0.05) is 24.8 Å². The van der Waals surface area contributed by atoms with Gasteiger partial charge in [0.1, 0.15) is 9.84 Å². The Balaban J connectivity index is 1.93. The van der Waals surface area contributed by atoms with Crippen LogP contribution in [0.1, 0.15) is 6.42 Å². The number of sulfone groups is 1. The molecule has 3 N–H and O–H groups in total. The van der Waals surface area contributed by atoms with E-state index in [1.54, 1.807) is 0 Å². The second-order valence-corrected chi connectivity index (χ2v) is 9.09. The predicted molar refractivity (Wildman–Crippen MR) is 66.2 cm³/mol. The summed E-state index contributed by atoms with van der Waals surface area (Å²) in [6.07, 6.45) is 1.70. The van der Waals surface area contributed by atoms with Crippen LogP contribution in [-0.2, 0) is 24.6 Å². The van der Waals surface area contributed by atoms with Crippen LogP contribution in [0.4, 0.5) is 0 Å². The summed E-state index contributed by atoms with van der Waals surface area (Å²) >= 11 is 0. The van der Waals surface area contributed by atoms with E-state index >= 15 is 0 Å². The third-order valence-corrected chi connectivity index (χ3v) is 6.06. The first-order valence-electron chi connectivity index (χ1n) is 5.74. The van der Waals surface area contributed by atoms with Gasteiger partial charge in [0.15, 0.2) is 0 Å².